The van der Waals surface area contributed by atoms with Crippen molar-refractivity contribution in [3.8, 4) is 0 Å². The first-order valence-electron chi connectivity index (χ1n) is 9.27. The number of ether oxygens (including phenoxy) is 1. The molecule has 0 aromatic heterocycles. The first-order chi connectivity index (χ1) is 12.3. The molecule has 0 heterocycles. The minimum absolute atomic E-state index is 0.173. The Morgan fingerprint density at radius 3 is 2.69 bits per heavy atom. The van der Waals surface area contributed by atoms with E-state index in [0.717, 1.165) is 36.0 Å². The molecule has 0 N–H and O–H groups in total. The summed E-state index contributed by atoms with van der Waals surface area (Å²) in [5.41, 5.74) is 2.92. The minimum atomic E-state index is -1.31. The Balaban J connectivity index is 1.84. The average Bonchev–Trinajstić information content (AvgIpc) is 2.61. The average molecular weight is 356 g/mol. The zero-order valence-corrected chi connectivity index (χ0v) is 16.1. The molecule has 0 aliphatic heterocycles. The molecule has 1 aromatic rings. The van der Waals surface area contributed by atoms with Crippen molar-refractivity contribution in [2.75, 3.05) is 0 Å². The van der Waals surface area contributed by atoms with E-state index in [4.69, 9.17) is 4.74 Å². The lowest BCUT2D eigenvalue weighted by atomic mass is 9.97. The lowest BCUT2D eigenvalue weighted by molar-refractivity contribution is -0.145. The predicted octanol–water partition coefficient (Wildman–Crippen LogP) is 6.24. The van der Waals surface area contributed by atoms with Crippen LogP contribution in [0.4, 0.5) is 4.39 Å². The fourth-order valence-corrected chi connectivity index (χ4v) is 3.32. The van der Waals surface area contributed by atoms with Gasteiger partial charge in [0.15, 0.2) is 0 Å². The second-order valence-corrected chi connectivity index (χ2v) is 7.40. The van der Waals surface area contributed by atoms with Crippen LogP contribution in [0.1, 0.15) is 58.4 Å². The van der Waals surface area contributed by atoms with E-state index in [1.54, 1.807) is 13.0 Å². The summed E-state index contributed by atoms with van der Waals surface area (Å²) in [6, 6.07) is 9.69. The molecule has 2 nitrogen and oxygen atoms in total. The number of carbonyl (C=O) groups excluding carboxylic acids is 1. The SMILES string of the molecule is CC1=C/C(C)(F)C/C(C)=C\C\C(CCCC(=O)OCc2ccccc2)=C\1. The summed E-state index contributed by atoms with van der Waals surface area (Å²) in [4.78, 5) is 11.9. The molecule has 1 aliphatic carbocycles. The predicted molar refractivity (Wildman–Crippen MR) is 104 cm³/mol. The van der Waals surface area contributed by atoms with Crippen LogP contribution in [-0.2, 0) is 16.1 Å². The van der Waals surface area contributed by atoms with Gasteiger partial charge in [-0.2, -0.15) is 0 Å². The lowest BCUT2D eigenvalue weighted by Crippen LogP contribution is -2.14. The van der Waals surface area contributed by atoms with Gasteiger partial charge in [-0.15, -0.1) is 0 Å². The van der Waals surface area contributed by atoms with Gasteiger partial charge in [0.25, 0.3) is 0 Å². The van der Waals surface area contributed by atoms with Crippen molar-refractivity contribution >= 4 is 5.97 Å². The van der Waals surface area contributed by atoms with Crippen LogP contribution in [0.15, 0.2) is 65.3 Å². The monoisotopic (exact) mass is 356 g/mol. The van der Waals surface area contributed by atoms with E-state index in [1.165, 1.54) is 5.57 Å². The number of benzene rings is 1. The van der Waals surface area contributed by atoms with Crippen molar-refractivity contribution in [3.63, 3.8) is 0 Å². The van der Waals surface area contributed by atoms with Gasteiger partial charge < -0.3 is 4.74 Å². The summed E-state index contributed by atoms with van der Waals surface area (Å²) in [5, 5.41) is 0. The molecular formula is C23H29FO2. The van der Waals surface area contributed by atoms with E-state index >= 15 is 0 Å². The van der Waals surface area contributed by atoms with E-state index in [9.17, 15) is 9.18 Å². The third-order valence-corrected chi connectivity index (χ3v) is 4.42. The summed E-state index contributed by atoms with van der Waals surface area (Å²) >= 11 is 0. The molecule has 0 saturated heterocycles. The van der Waals surface area contributed by atoms with Gasteiger partial charge in [0, 0.05) is 12.8 Å². The molecule has 2 rings (SSSR count). The van der Waals surface area contributed by atoms with Crippen LogP contribution in [0.5, 0.6) is 0 Å². The molecule has 26 heavy (non-hydrogen) atoms. The van der Waals surface area contributed by atoms with Crippen molar-refractivity contribution in [2.24, 2.45) is 0 Å². The summed E-state index contributed by atoms with van der Waals surface area (Å²) in [5.74, 6) is -0.173. The van der Waals surface area contributed by atoms with Crippen LogP contribution in [0.25, 0.3) is 0 Å². The fraction of sp³-hybridized carbons (Fsp3) is 0.435. The lowest BCUT2D eigenvalue weighted by Gasteiger charge is -2.16. The molecule has 140 valence electrons. The first-order valence-corrected chi connectivity index (χ1v) is 9.27. The van der Waals surface area contributed by atoms with Gasteiger partial charge in [0.05, 0.1) is 0 Å². The highest BCUT2D eigenvalue weighted by Gasteiger charge is 2.21. The van der Waals surface area contributed by atoms with Gasteiger partial charge in [-0.05, 0) is 51.7 Å². The number of hydrogen-bond donors (Lipinski definition) is 0. The van der Waals surface area contributed by atoms with Crippen molar-refractivity contribution < 1.29 is 13.9 Å². The number of alkyl halides is 1. The van der Waals surface area contributed by atoms with Crippen LogP contribution in [-0.4, -0.2) is 11.6 Å². The van der Waals surface area contributed by atoms with Gasteiger partial charge in [0.1, 0.15) is 12.3 Å². The van der Waals surface area contributed by atoms with Gasteiger partial charge in [0.2, 0.25) is 0 Å². The van der Waals surface area contributed by atoms with E-state index in [-0.39, 0.29) is 5.97 Å². The molecule has 0 fully saturated rings. The normalized spacial score (nSPS) is 26.8. The molecular weight excluding hydrogens is 327 g/mol. The van der Waals surface area contributed by atoms with E-state index in [0.29, 0.717) is 19.4 Å². The summed E-state index contributed by atoms with van der Waals surface area (Å²) in [6.45, 7) is 5.86. The fourth-order valence-electron chi connectivity index (χ4n) is 3.32. The highest BCUT2D eigenvalue weighted by molar-refractivity contribution is 5.69. The van der Waals surface area contributed by atoms with Crippen LogP contribution < -0.4 is 0 Å². The molecule has 1 aliphatic rings. The standard InChI is InChI=1S/C23H29FO2/c1-18-12-13-20(14-19(2)16-23(3,24)15-18)10-7-11-22(25)26-17-21-8-5-4-6-9-21/h4-6,8-9,12,14,16H,7,10-11,13,15,17H2,1-3H3/b18-12-,19-16-,20-14+. The van der Waals surface area contributed by atoms with Crippen LogP contribution in [0.3, 0.4) is 0 Å². The minimum Gasteiger partial charge on any atom is -0.461 e. The van der Waals surface area contributed by atoms with Crippen LogP contribution >= 0.6 is 0 Å². The molecule has 0 spiro atoms. The summed E-state index contributed by atoms with van der Waals surface area (Å²) in [7, 11) is 0. The topological polar surface area (TPSA) is 26.3 Å². The second kappa shape index (κ2) is 9.51. The Morgan fingerprint density at radius 2 is 1.96 bits per heavy atom. The summed E-state index contributed by atoms with van der Waals surface area (Å²) in [6.07, 6.45) is 9.06. The third kappa shape index (κ3) is 7.38. The Kier molecular flexibility index (Phi) is 7.38. The van der Waals surface area contributed by atoms with Crippen molar-refractivity contribution in [2.45, 2.75) is 65.2 Å². The maximum atomic E-state index is 14.5. The van der Waals surface area contributed by atoms with Gasteiger partial charge in [-0.25, -0.2) is 4.39 Å². The smallest absolute Gasteiger partial charge is 0.306 e. The zero-order chi connectivity index (χ0) is 19.0. The molecule has 0 saturated carbocycles. The number of esters is 1. The summed E-state index contributed by atoms with van der Waals surface area (Å²) < 4.78 is 19.8. The quantitative estimate of drug-likeness (QED) is 0.445. The molecule has 1 aromatic carbocycles. The maximum Gasteiger partial charge on any atom is 0.306 e. The van der Waals surface area contributed by atoms with Crippen LogP contribution in [0, 0.1) is 0 Å². The highest BCUT2D eigenvalue weighted by atomic mass is 19.1. The molecule has 0 radical (unpaired) electrons. The molecule has 0 amide bonds. The maximum absolute atomic E-state index is 14.5. The Bertz CT molecular complexity index is 696. The molecule has 1 unspecified atom stereocenters. The Morgan fingerprint density at radius 1 is 1.23 bits per heavy atom. The number of carbonyl (C=O) groups is 1. The van der Waals surface area contributed by atoms with Crippen LogP contribution in [0.2, 0.25) is 0 Å². The highest BCUT2D eigenvalue weighted by Crippen LogP contribution is 2.28. The van der Waals surface area contributed by atoms with E-state index < -0.39 is 5.67 Å². The van der Waals surface area contributed by atoms with Crippen molar-refractivity contribution in [3.05, 3.63) is 70.8 Å². The Labute approximate surface area is 156 Å². The van der Waals surface area contributed by atoms with E-state index in [2.05, 4.69) is 12.2 Å². The largest absolute Gasteiger partial charge is 0.461 e. The number of hydrogen-bond acceptors (Lipinski definition) is 2. The van der Waals surface area contributed by atoms with E-state index in [1.807, 2.05) is 44.2 Å². The number of halogens is 1. The first kappa shape index (κ1) is 20.2. The number of allylic oxidation sites excluding steroid dienone is 6. The second-order valence-electron chi connectivity index (χ2n) is 7.40. The molecule has 3 heteroatoms. The molecule has 1 atom stereocenters. The Hall–Kier alpha value is -2.16. The van der Waals surface area contributed by atoms with Crippen molar-refractivity contribution in [1.29, 1.82) is 0 Å². The van der Waals surface area contributed by atoms with Gasteiger partial charge >= 0.3 is 5.97 Å². The third-order valence-electron chi connectivity index (χ3n) is 4.42. The van der Waals surface area contributed by atoms with Gasteiger partial charge in [-0.1, -0.05) is 59.2 Å². The molecule has 0 bridgehead atoms. The zero-order valence-electron chi connectivity index (χ0n) is 16.1. The van der Waals surface area contributed by atoms with Gasteiger partial charge in [-0.3, -0.25) is 4.79 Å². The van der Waals surface area contributed by atoms with Crippen molar-refractivity contribution in [1.82, 2.24) is 0 Å². The number of rotatable bonds is 6.